The van der Waals surface area contributed by atoms with Gasteiger partial charge in [-0.2, -0.15) is 15.0 Å². The van der Waals surface area contributed by atoms with Gasteiger partial charge >= 0.3 is 5.97 Å². The van der Waals surface area contributed by atoms with Gasteiger partial charge in [0, 0.05) is 18.3 Å². The first-order valence-electron chi connectivity index (χ1n) is 6.90. The fourth-order valence-corrected chi connectivity index (χ4v) is 3.33. The molecule has 3 rings (SSSR count). The zero-order valence-corrected chi connectivity index (χ0v) is 12.9. The Labute approximate surface area is 131 Å². The highest BCUT2D eigenvalue weighted by Gasteiger charge is 2.19. The van der Waals surface area contributed by atoms with Gasteiger partial charge in [0.05, 0.1) is 11.9 Å². The molecule has 7 heteroatoms. The highest BCUT2D eigenvalue weighted by atomic mass is 32.1. The zero-order valence-electron chi connectivity index (χ0n) is 12.1. The molecule has 2 N–H and O–H groups in total. The van der Waals surface area contributed by atoms with Crippen molar-refractivity contribution >= 4 is 27.4 Å². The molecule has 6 nitrogen and oxygen atoms in total. The van der Waals surface area contributed by atoms with E-state index in [1.54, 1.807) is 24.6 Å². The molecule has 0 bridgehead atoms. The Kier molecular flexibility index (Phi) is 4.17. The highest BCUT2D eigenvalue weighted by Crippen LogP contribution is 2.26. The second-order valence-electron chi connectivity index (χ2n) is 5.06. The van der Waals surface area contributed by atoms with Crippen molar-refractivity contribution in [1.82, 2.24) is 20.3 Å². The van der Waals surface area contributed by atoms with Crippen LogP contribution in [0.4, 0.5) is 0 Å². The van der Waals surface area contributed by atoms with E-state index in [0.717, 1.165) is 16.6 Å². The Morgan fingerprint density at radius 2 is 2.27 bits per heavy atom. The summed E-state index contributed by atoms with van der Waals surface area (Å²) in [5.41, 5.74) is 1.78. The summed E-state index contributed by atoms with van der Waals surface area (Å²) in [6.45, 7) is 0.382. The number of thiophene rings is 1. The third-order valence-corrected chi connectivity index (χ3v) is 4.47. The van der Waals surface area contributed by atoms with Crippen LogP contribution in [-0.4, -0.2) is 32.1 Å². The summed E-state index contributed by atoms with van der Waals surface area (Å²) < 4.78 is 1.18. The summed E-state index contributed by atoms with van der Waals surface area (Å²) in [6.07, 6.45) is 2.07. The van der Waals surface area contributed by atoms with Crippen LogP contribution >= 0.6 is 11.3 Å². The van der Waals surface area contributed by atoms with E-state index in [4.69, 9.17) is 0 Å². The fourth-order valence-electron chi connectivity index (χ4n) is 2.35. The van der Waals surface area contributed by atoms with Crippen molar-refractivity contribution in [3.63, 3.8) is 0 Å². The molecule has 22 heavy (non-hydrogen) atoms. The summed E-state index contributed by atoms with van der Waals surface area (Å²) in [4.78, 5) is 12.9. The predicted octanol–water partition coefficient (Wildman–Crippen LogP) is 1.82. The van der Waals surface area contributed by atoms with Gasteiger partial charge in [-0.1, -0.05) is 18.2 Å². The first kappa shape index (κ1) is 14.7. The monoisotopic (exact) mass is 316 g/mol. The number of carboxylic acids is 1. The SMILES string of the molecule is Cn1ncc(CNC(Cc2csc3ccccc23)C(=O)O)n1. The van der Waals surface area contributed by atoms with E-state index >= 15 is 0 Å². The van der Waals surface area contributed by atoms with Crippen molar-refractivity contribution in [2.45, 2.75) is 19.0 Å². The average Bonchev–Trinajstić information content (AvgIpc) is 3.10. The zero-order chi connectivity index (χ0) is 15.5. The number of nitrogens with one attached hydrogen (secondary N) is 1. The van der Waals surface area contributed by atoms with E-state index in [2.05, 4.69) is 15.5 Å². The van der Waals surface area contributed by atoms with Crippen LogP contribution in [-0.2, 0) is 24.8 Å². The van der Waals surface area contributed by atoms with Crippen LogP contribution in [0.3, 0.4) is 0 Å². The molecule has 1 atom stereocenters. The molecule has 0 spiro atoms. The number of nitrogens with zero attached hydrogens (tertiary/aromatic N) is 3. The van der Waals surface area contributed by atoms with Gasteiger partial charge in [-0.25, -0.2) is 0 Å². The number of hydrogen-bond acceptors (Lipinski definition) is 5. The van der Waals surface area contributed by atoms with E-state index in [0.29, 0.717) is 13.0 Å². The third kappa shape index (κ3) is 3.15. The lowest BCUT2D eigenvalue weighted by atomic mass is 10.0. The van der Waals surface area contributed by atoms with Gasteiger partial charge in [-0.15, -0.1) is 11.3 Å². The summed E-state index contributed by atoms with van der Waals surface area (Å²) in [6, 6.07) is 7.39. The molecule has 0 aliphatic rings. The lowest BCUT2D eigenvalue weighted by molar-refractivity contribution is -0.139. The first-order valence-corrected chi connectivity index (χ1v) is 7.78. The van der Waals surface area contributed by atoms with Crippen molar-refractivity contribution in [2.75, 3.05) is 0 Å². The number of aromatic nitrogens is 3. The minimum Gasteiger partial charge on any atom is -0.480 e. The summed E-state index contributed by atoms with van der Waals surface area (Å²) in [5.74, 6) is -0.862. The Balaban J connectivity index is 1.73. The Bertz CT molecular complexity index is 796. The number of hydrogen-bond donors (Lipinski definition) is 2. The Hall–Kier alpha value is -2.25. The van der Waals surface area contributed by atoms with Crippen molar-refractivity contribution in [2.24, 2.45) is 7.05 Å². The number of carbonyl (C=O) groups is 1. The van der Waals surface area contributed by atoms with E-state index < -0.39 is 12.0 Å². The molecule has 2 heterocycles. The second kappa shape index (κ2) is 6.25. The van der Waals surface area contributed by atoms with Crippen molar-refractivity contribution in [1.29, 1.82) is 0 Å². The molecule has 0 amide bonds. The number of fused-ring (bicyclic) bond motifs is 1. The summed E-state index contributed by atoms with van der Waals surface area (Å²) in [5, 5.41) is 23.7. The van der Waals surface area contributed by atoms with Crippen LogP contribution in [0.5, 0.6) is 0 Å². The smallest absolute Gasteiger partial charge is 0.321 e. The van der Waals surface area contributed by atoms with Crippen LogP contribution in [0.1, 0.15) is 11.3 Å². The molecule has 0 aliphatic carbocycles. The van der Waals surface area contributed by atoms with Crippen molar-refractivity contribution in [3.05, 3.63) is 47.1 Å². The normalized spacial score (nSPS) is 12.6. The number of rotatable bonds is 6. The lowest BCUT2D eigenvalue weighted by Crippen LogP contribution is -2.38. The average molecular weight is 316 g/mol. The van der Waals surface area contributed by atoms with E-state index in [-0.39, 0.29) is 0 Å². The molecule has 3 aromatic rings. The fraction of sp³-hybridized carbons (Fsp3) is 0.267. The summed E-state index contributed by atoms with van der Waals surface area (Å²) >= 11 is 1.64. The van der Waals surface area contributed by atoms with Gasteiger partial charge < -0.3 is 5.11 Å². The van der Waals surface area contributed by atoms with Crippen LogP contribution in [0.25, 0.3) is 10.1 Å². The van der Waals surface area contributed by atoms with Crippen LogP contribution in [0.2, 0.25) is 0 Å². The molecule has 114 valence electrons. The maximum absolute atomic E-state index is 11.5. The van der Waals surface area contributed by atoms with Gasteiger partial charge in [0.2, 0.25) is 0 Å². The minimum absolute atomic E-state index is 0.382. The van der Waals surface area contributed by atoms with E-state index in [1.807, 2.05) is 29.6 Å². The molecule has 0 fully saturated rings. The molecule has 0 saturated carbocycles. The van der Waals surface area contributed by atoms with Crippen molar-refractivity contribution in [3.8, 4) is 0 Å². The molecular weight excluding hydrogens is 300 g/mol. The quantitative estimate of drug-likeness (QED) is 0.725. The van der Waals surface area contributed by atoms with Gasteiger partial charge in [-0.3, -0.25) is 10.1 Å². The number of aryl methyl sites for hydroxylation is 1. The van der Waals surface area contributed by atoms with Crippen LogP contribution < -0.4 is 5.32 Å². The maximum atomic E-state index is 11.5. The molecule has 0 saturated heterocycles. The Morgan fingerprint density at radius 1 is 1.45 bits per heavy atom. The molecule has 0 aliphatic heterocycles. The van der Waals surface area contributed by atoms with Gasteiger partial charge in [0.25, 0.3) is 0 Å². The predicted molar refractivity (Wildman–Crippen MR) is 84.8 cm³/mol. The van der Waals surface area contributed by atoms with Gasteiger partial charge in [0.1, 0.15) is 6.04 Å². The number of aliphatic carboxylic acids is 1. The van der Waals surface area contributed by atoms with E-state index in [1.165, 1.54) is 9.50 Å². The number of carboxylic acid groups (broad SMARTS) is 1. The summed E-state index contributed by atoms with van der Waals surface area (Å²) in [7, 11) is 1.73. The Morgan fingerprint density at radius 3 is 3.00 bits per heavy atom. The van der Waals surface area contributed by atoms with Crippen LogP contribution in [0.15, 0.2) is 35.8 Å². The van der Waals surface area contributed by atoms with E-state index in [9.17, 15) is 9.90 Å². The highest BCUT2D eigenvalue weighted by molar-refractivity contribution is 7.17. The number of benzene rings is 1. The second-order valence-corrected chi connectivity index (χ2v) is 5.97. The lowest BCUT2D eigenvalue weighted by Gasteiger charge is -2.13. The first-order chi connectivity index (χ1) is 10.6. The molecule has 0 radical (unpaired) electrons. The van der Waals surface area contributed by atoms with Crippen LogP contribution in [0, 0.1) is 0 Å². The molecule has 1 unspecified atom stereocenters. The third-order valence-electron chi connectivity index (χ3n) is 3.46. The topological polar surface area (TPSA) is 80.0 Å². The minimum atomic E-state index is -0.862. The van der Waals surface area contributed by atoms with Gasteiger partial charge in [0.15, 0.2) is 0 Å². The standard InChI is InChI=1S/C15H16N4O2S/c1-19-17-8-11(18-19)7-16-13(15(20)21)6-10-9-22-14-5-3-2-4-12(10)14/h2-5,8-9,13,16H,6-7H2,1H3,(H,20,21). The molecule has 2 aromatic heterocycles. The van der Waals surface area contributed by atoms with Crippen molar-refractivity contribution < 1.29 is 9.90 Å². The molecule has 1 aromatic carbocycles. The van der Waals surface area contributed by atoms with Gasteiger partial charge in [-0.05, 0) is 28.8 Å². The molecular formula is C15H16N4O2S. The maximum Gasteiger partial charge on any atom is 0.321 e. The largest absolute Gasteiger partial charge is 0.480 e.